The number of hydrogen-bond acceptors (Lipinski definition) is 7. The number of carboxylic acid groups (broad SMARTS) is 1. The monoisotopic (exact) mass is 486 g/mol. The van der Waals surface area contributed by atoms with E-state index >= 15 is 0 Å². The molecule has 2 N–H and O–H groups in total. The van der Waals surface area contributed by atoms with E-state index in [4.69, 9.17) is 14.6 Å². The van der Waals surface area contributed by atoms with Gasteiger partial charge in [0.1, 0.15) is 17.6 Å². The Kier molecular flexibility index (Phi) is 6.24. The number of nitrogens with zero attached hydrogens (tertiary/aromatic N) is 5. The van der Waals surface area contributed by atoms with Gasteiger partial charge in [0.25, 0.3) is 5.95 Å². The van der Waals surface area contributed by atoms with Crippen molar-refractivity contribution in [3.63, 3.8) is 0 Å². The summed E-state index contributed by atoms with van der Waals surface area (Å²) in [6.45, 7) is 4.34. The van der Waals surface area contributed by atoms with E-state index in [-0.39, 0.29) is 17.6 Å². The summed E-state index contributed by atoms with van der Waals surface area (Å²) < 4.78 is 11.9. The Labute approximate surface area is 207 Å². The van der Waals surface area contributed by atoms with Gasteiger partial charge in [-0.15, -0.1) is 4.80 Å². The summed E-state index contributed by atoms with van der Waals surface area (Å²) in [6, 6.07) is 16.0. The maximum Gasteiger partial charge on any atom is 0.404 e. The smallest absolute Gasteiger partial charge is 0.404 e. The lowest BCUT2D eigenvalue weighted by Gasteiger charge is -2.35. The average Bonchev–Trinajstić information content (AvgIpc) is 3.39. The fourth-order valence-corrected chi connectivity index (χ4v) is 4.12. The molecule has 1 fully saturated rings. The van der Waals surface area contributed by atoms with Gasteiger partial charge in [0.15, 0.2) is 5.75 Å². The minimum atomic E-state index is -0.989. The second-order valence-electron chi connectivity index (χ2n) is 9.17. The van der Waals surface area contributed by atoms with Crippen molar-refractivity contribution in [3.8, 4) is 23.2 Å². The van der Waals surface area contributed by atoms with Crippen LogP contribution < -0.4 is 14.8 Å². The van der Waals surface area contributed by atoms with Crippen LogP contribution in [0.2, 0.25) is 0 Å². The number of rotatable bonds is 8. The Morgan fingerprint density at radius 2 is 1.47 bits per heavy atom. The van der Waals surface area contributed by atoms with Crippen LogP contribution in [0.5, 0.6) is 17.2 Å². The number of amides is 1. The quantitative estimate of drug-likeness (QED) is 0.377. The Morgan fingerprint density at radius 1 is 0.917 bits per heavy atom. The molecule has 10 heteroatoms. The number of aromatic nitrogens is 5. The van der Waals surface area contributed by atoms with Crippen LogP contribution in [0, 0.1) is 0 Å². The normalized spacial score (nSPS) is 17.2. The third-order valence-corrected chi connectivity index (χ3v) is 6.33. The molecule has 1 aliphatic carbocycles. The first-order valence-electron chi connectivity index (χ1n) is 11.6. The number of nitrogens with one attached hydrogen (secondary N) is 1. The van der Waals surface area contributed by atoms with Crippen LogP contribution in [0.4, 0.5) is 4.79 Å². The molecule has 1 saturated carbocycles. The SMILES string of the molecule is CC(C)(c1ccc(Oc2cnc(-n3nccn3)nc2)cc1)c1ccc(O[C@H]2C[C@H](NC(=O)O)C2)cc1. The highest BCUT2D eigenvalue weighted by Crippen LogP contribution is 2.34. The minimum absolute atomic E-state index is 0.0241. The van der Waals surface area contributed by atoms with Crippen LogP contribution in [0.15, 0.2) is 73.3 Å². The highest BCUT2D eigenvalue weighted by Gasteiger charge is 2.32. The van der Waals surface area contributed by atoms with Crippen molar-refractivity contribution >= 4 is 6.09 Å². The molecule has 4 aromatic rings. The predicted octanol–water partition coefficient (Wildman–Crippen LogP) is 4.35. The zero-order valence-corrected chi connectivity index (χ0v) is 19.9. The molecule has 2 heterocycles. The topological polar surface area (TPSA) is 124 Å². The van der Waals surface area contributed by atoms with Crippen molar-refractivity contribution < 1.29 is 19.4 Å². The van der Waals surface area contributed by atoms with Crippen LogP contribution in [0.1, 0.15) is 37.8 Å². The summed E-state index contributed by atoms with van der Waals surface area (Å²) in [5.74, 6) is 2.36. The van der Waals surface area contributed by atoms with Crippen molar-refractivity contribution in [2.45, 2.75) is 44.2 Å². The molecular weight excluding hydrogens is 460 g/mol. The summed E-state index contributed by atoms with van der Waals surface area (Å²) in [4.78, 5) is 20.5. The molecule has 0 bridgehead atoms. The maximum absolute atomic E-state index is 10.7. The molecule has 0 saturated heterocycles. The summed E-state index contributed by atoms with van der Waals surface area (Å²) in [7, 11) is 0. The predicted molar refractivity (Wildman–Crippen MR) is 131 cm³/mol. The van der Waals surface area contributed by atoms with E-state index in [2.05, 4.69) is 51.5 Å². The molecule has 1 aliphatic rings. The molecule has 10 nitrogen and oxygen atoms in total. The first kappa shape index (κ1) is 23.3. The Morgan fingerprint density at radius 3 is 2.03 bits per heavy atom. The summed E-state index contributed by atoms with van der Waals surface area (Å²) >= 11 is 0. The Hall–Kier alpha value is -4.47. The van der Waals surface area contributed by atoms with E-state index in [9.17, 15) is 4.79 Å². The van der Waals surface area contributed by atoms with Gasteiger partial charge in [0.05, 0.1) is 24.8 Å². The fraction of sp³-hybridized carbons (Fsp3) is 0.269. The van der Waals surface area contributed by atoms with Crippen LogP contribution in [-0.4, -0.2) is 48.3 Å². The third kappa shape index (κ3) is 5.12. The number of hydrogen-bond donors (Lipinski definition) is 2. The van der Waals surface area contributed by atoms with Crippen molar-refractivity contribution in [1.82, 2.24) is 30.3 Å². The summed E-state index contributed by atoms with van der Waals surface area (Å²) in [5, 5.41) is 19.3. The molecule has 0 aliphatic heterocycles. The zero-order chi connectivity index (χ0) is 25.1. The minimum Gasteiger partial charge on any atom is -0.490 e. The van der Waals surface area contributed by atoms with Gasteiger partial charge in [0.2, 0.25) is 0 Å². The van der Waals surface area contributed by atoms with E-state index in [0.29, 0.717) is 30.3 Å². The van der Waals surface area contributed by atoms with E-state index in [1.165, 1.54) is 4.80 Å². The van der Waals surface area contributed by atoms with E-state index in [0.717, 1.165) is 16.9 Å². The van der Waals surface area contributed by atoms with Crippen LogP contribution in [0.25, 0.3) is 5.95 Å². The molecule has 0 radical (unpaired) electrons. The van der Waals surface area contributed by atoms with Gasteiger partial charge in [-0.1, -0.05) is 38.1 Å². The maximum atomic E-state index is 10.7. The van der Waals surface area contributed by atoms with Gasteiger partial charge in [-0.25, -0.2) is 14.8 Å². The highest BCUT2D eigenvalue weighted by molar-refractivity contribution is 5.65. The molecule has 184 valence electrons. The van der Waals surface area contributed by atoms with Crippen molar-refractivity contribution in [1.29, 1.82) is 0 Å². The zero-order valence-electron chi connectivity index (χ0n) is 19.9. The largest absolute Gasteiger partial charge is 0.490 e. The lowest BCUT2D eigenvalue weighted by Crippen LogP contribution is -2.48. The second-order valence-corrected chi connectivity index (χ2v) is 9.17. The van der Waals surface area contributed by atoms with Crippen molar-refractivity contribution in [2.24, 2.45) is 0 Å². The molecule has 0 spiro atoms. The van der Waals surface area contributed by atoms with Crippen LogP contribution in [-0.2, 0) is 5.41 Å². The molecule has 0 unspecified atom stereocenters. The molecule has 36 heavy (non-hydrogen) atoms. The van der Waals surface area contributed by atoms with Gasteiger partial charge in [-0.3, -0.25) is 0 Å². The van der Waals surface area contributed by atoms with Gasteiger partial charge >= 0.3 is 6.09 Å². The Bertz CT molecular complexity index is 1300. The molecule has 5 rings (SSSR count). The fourth-order valence-electron chi connectivity index (χ4n) is 4.12. The van der Waals surface area contributed by atoms with Crippen LogP contribution in [0.3, 0.4) is 0 Å². The molecule has 0 atom stereocenters. The first-order chi connectivity index (χ1) is 17.4. The van der Waals surface area contributed by atoms with Gasteiger partial charge in [-0.2, -0.15) is 10.2 Å². The van der Waals surface area contributed by atoms with Crippen molar-refractivity contribution in [2.75, 3.05) is 0 Å². The van der Waals surface area contributed by atoms with E-state index < -0.39 is 6.09 Å². The van der Waals surface area contributed by atoms with Crippen molar-refractivity contribution in [3.05, 3.63) is 84.4 Å². The summed E-state index contributed by atoms with van der Waals surface area (Å²) in [6.07, 6.45) is 6.71. The summed E-state index contributed by atoms with van der Waals surface area (Å²) in [5.41, 5.74) is 2.06. The number of ether oxygens (including phenoxy) is 2. The lowest BCUT2D eigenvalue weighted by molar-refractivity contribution is 0.0833. The van der Waals surface area contributed by atoms with Gasteiger partial charge < -0.3 is 19.9 Å². The number of carbonyl (C=O) groups is 1. The second kappa shape index (κ2) is 9.65. The standard InChI is InChI=1S/C26H26N6O4/c1-26(2,17-3-7-20(8-4-17)35-22-13-19(14-22)31-25(33)34)18-5-9-21(10-6-18)36-23-15-27-24(28-16-23)32-29-11-12-30-32/h3-12,15-16,19,22,31H,13-14H2,1-2H3,(H,33,34)/t19-,22-. The third-order valence-electron chi connectivity index (χ3n) is 6.33. The Balaban J connectivity index is 1.19. The van der Waals surface area contributed by atoms with Gasteiger partial charge in [0, 0.05) is 24.3 Å². The molecule has 1 amide bonds. The van der Waals surface area contributed by atoms with E-state index in [1.54, 1.807) is 24.8 Å². The lowest BCUT2D eigenvalue weighted by atomic mass is 9.78. The molecule has 2 aromatic heterocycles. The van der Waals surface area contributed by atoms with Gasteiger partial charge in [-0.05, 0) is 35.4 Å². The first-order valence-corrected chi connectivity index (χ1v) is 11.6. The molecular formula is C26H26N6O4. The van der Waals surface area contributed by atoms with Crippen LogP contribution >= 0.6 is 0 Å². The van der Waals surface area contributed by atoms with E-state index in [1.807, 2.05) is 36.4 Å². The average molecular weight is 487 g/mol. The molecule has 2 aromatic carbocycles. The number of benzene rings is 2. The highest BCUT2D eigenvalue weighted by atomic mass is 16.5.